The number of thiophene rings is 1. The Morgan fingerprint density at radius 1 is 1.16 bits per heavy atom. The van der Waals surface area contributed by atoms with Gasteiger partial charge in [-0.1, -0.05) is 6.07 Å². The number of hydrogen-bond donors (Lipinski definition) is 3. The molecule has 1 aromatic heterocycles. The number of amides is 2. The number of thioether (sulfide) groups is 1. The van der Waals surface area contributed by atoms with Crippen LogP contribution in [0.1, 0.15) is 23.2 Å². The lowest BCUT2D eigenvalue weighted by atomic mass is 10.1. The maximum absolute atomic E-state index is 12.3. The van der Waals surface area contributed by atoms with Crippen LogP contribution in [0.15, 0.2) is 46.0 Å². The summed E-state index contributed by atoms with van der Waals surface area (Å²) in [6, 6.07) is 11.2. The number of rotatable bonds is 6. The zero-order chi connectivity index (χ0) is 17.5. The first-order valence-corrected chi connectivity index (χ1v) is 10.1. The van der Waals surface area contributed by atoms with Crippen molar-refractivity contribution in [2.75, 3.05) is 24.2 Å². The largest absolute Gasteiger partial charge is 0.349 e. The van der Waals surface area contributed by atoms with Crippen LogP contribution in [0.5, 0.6) is 0 Å². The highest BCUT2D eigenvalue weighted by Gasteiger charge is 2.16. The van der Waals surface area contributed by atoms with Gasteiger partial charge in [-0.2, -0.15) is 0 Å². The third kappa shape index (κ3) is 5.59. The molecule has 0 radical (unpaired) electrons. The second kappa shape index (κ2) is 9.03. The number of nitrogens with one attached hydrogen (secondary N) is 3. The van der Waals surface area contributed by atoms with E-state index in [0.29, 0.717) is 17.0 Å². The van der Waals surface area contributed by atoms with Gasteiger partial charge in [-0.15, -0.1) is 23.1 Å². The first kappa shape index (κ1) is 18.0. The number of hydrogen-bond acceptors (Lipinski definition) is 5. The third-order valence-electron chi connectivity index (χ3n) is 3.95. The van der Waals surface area contributed by atoms with Gasteiger partial charge in [0.15, 0.2) is 0 Å². The summed E-state index contributed by atoms with van der Waals surface area (Å²) in [7, 11) is 0. The summed E-state index contributed by atoms with van der Waals surface area (Å²) in [4.78, 5) is 24.2. The topological polar surface area (TPSA) is 70.2 Å². The minimum atomic E-state index is -0.0574. The molecule has 25 heavy (non-hydrogen) atoms. The molecule has 0 saturated carbocycles. The molecule has 1 aliphatic heterocycles. The normalized spacial score (nSPS) is 14.9. The summed E-state index contributed by atoms with van der Waals surface area (Å²) >= 11 is 3.14. The van der Waals surface area contributed by atoms with Crippen LogP contribution >= 0.6 is 23.1 Å². The monoisotopic (exact) mass is 375 g/mol. The van der Waals surface area contributed by atoms with Crippen LogP contribution in [0.25, 0.3) is 0 Å². The fourth-order valence-corrected chi connectivity index (χ4v) is 4.20. The summed E-state index contributed by atoms with van der Waals surface area (Å²) in [6.07, 6.45) is 1.92. The van der Waals surface area contributed by atoms with E-state index in [4.69, 9.17) is 0 Å². The summed E-state index contributed by atoms with van der Waals surface area (Å²) in [6.45, 7) is 1.89. The van der Waals surface area contributed by atoms with E-state index in [1.165, 1.54) is 11.8 Å². The second-order valence-electron chi connectivity index (χ2n) is 5.84. The number of carbonyl (C=O) groups excluding carboxylic acids is 2. The maximum Gasteiger partial charge on any atom is 0.251 e. The molecule has 0 spiro atoms. The Morgan fingerprint density at radius 3 is 2.60 bits per heavy atom. The molecule has 2 amide bonds. The van der Waals surface area contributed by atoms with Gasteiger partial charge in [0.25, 0.3) is 5.91 Å². The smallest absolute Gasteiger partial charge is 0.251 e. The van der Waals surface area contributed by atoms with Gasteiger partial charge < -0.3 is 16.0 Å². The first-order chi connectivity index (χ1) is 12.2. The number of benzene rings is 1. The lowest BCUT2D eigenvalue weighted by Gasteiger charge is -2.23. The average molecular weight is 376 g/mol. The van der Waals surface area contributed by atoms with E-state index in [9.17, 15) is 9.59 Å². The lowest BCUT2D eigenvalue weighted by molar-refractivity contribution is -0.113. The van der Waals surface area contributed by atoms with Crippen molar-refractivity contribution in [3.8, 4) is 0 Å². The van der Waals surface area contributed by atoms with Crippen molar-refractivity contribution in [2.45, 2.75) is 23.1 Å². The molecule has 1 saturated heterocycles. The minimum Gasteiger partial charge on any atom is -0.349 e. The third-order valence-corrected chi connectivity index (χ3v) is 6.08. The molecular formula is C18H21N3O2S2. The SMILES string of the molecule is O=C(CSc1cccs1)Nc1ccc(C(=O)NC2CCNCC2)cc1. The number of carbonyl (C=O) groups is 2. The molecule has 7 heteroatoms. The molecule has 1 aromatic carbocycles. The Bertz CT molecular complexity index is 696. The van der Waals surface area contributed by atoms with E-state index in [0.717, 1.165) is 30.1 Å². The fraction of sp³-hybridized carbons (Fsp3) is 0.333. The Balaban J connectivity index is 1.47. The molecule has 0 aliphatic carbocycles. The van der Waals surface area contributed by atoms with Crippen LogP contribution in [-0.4, -0.2) is 36.7 Å². The molecular weight excluding hydrogens is 354 g/mol. The van der Waals surface area contributed by atoms with E-state index < -0.39 is 0 Å². The quantitative estimate of drug-likeness (QED) is 0.679. The van der Waals surface area contributed by atoms with E-state index in [2.05, 4.69) is 16.0 Å². The van der Waals surface area contributed by atoms with Crippen molar-refractivity contribution in [3.63, 3.8) is 0 Å². The van der Waals surface area contributed by atoms with Crippen molar-refractivity contribution in [1.29, 1.82) is 0 Å². The predicted octanol–water partition coefficient (Wildman–Crippen LogP) is 2.96. The van der Waals surface area contributed by atoms with Crippen LogP contribution in [0.4, 0.5) is 5.69 Å². The van der Waals surface area contributed by atoms with E-state index in [1.54, 1.807) is 35.6 Å². The average Bonchev–Trinajstić information content (AvgIpc) is 3.15. The Hall–Kier alpha value is -1.83. The molecule has 132 valence electrons. The van der Waals surface area contributed by atoms with Crippen LogP contribution in [0.2, 0.25) is 0 Å². The van der Waals surface area contributed by atoms with Gasteiger partial charge in [-0.05, 0) is 61.6 Å². The van der Waals surface area contributed by atoms with Crippen LogP contribution in [0.3, 0.4) is 0 Å². The Kier molecular flexibility index (Phi) is 6.49. The van der Waals surface area contributed by atoms with Gasteiger partial charge in [-0.25, -0.2) is 0 Å². The highest BCUT2D eigenvalue weighted by atomic mass is 32.2. The summed E-state index contributed by atoms with van der Waals surface area (Å²) in [5, 5.41) is 11.2. The Morgan fingerprint density at radius 2 is 1.92 bits per heavy atom. The zero-order valence-electron chi connectivity index (χ0n) is 13.8. The van der Waals surface area contributed by atoms with E-state index >= 15 is 0 Å². The van der Waals surface area contributed by atoms with Crippen molar-refractivity contribution >= 4 is 40.6 Å². The molecule has 0 unspecified atom stereocenters. The molecule has 1 fully saturated rings. The summed E-state index contributed by atoms with van der Waals surface area (Å²) < 4.78 is 1.13. The number of piperidine rings is 1. The molecule has 0 atom stereocenters. The zero-order valence-corrected chi connectivity index (χ0v) is 15.4. The van der Waals surface area contributed by atoms with Crippen molar-refractivity contribution < 1.29 is 9.59 Å². The molecule has 5 nitrogen and oxygen atoms in total. The molecule has 3 N–H and O–H groups in total. The molecule has 1 aliphatic rings. The van der Waals surface area contributed by atoms with Crippen molar-refractivity contribution in [3.05, 3.63) is 47.3 Å². The van der Waals surface area contributed by atoms with Gasteiger partial charge in [0.1, 0.15) is 0 Å². The van der Waals surface area contributed by atoms with Gasteiger partial charge in [0.05, 0.1) is 9.96 Å². The first-order valence-electron chi connectivity index (χ1n) is 8.28. The minimum absolute atomic E-state index is 0.0506. The van der Waals surface area contributed by atoms with E-state index in [-0.39, 0.29) is 17.9 Å². The van der Waals surface area contributed by atoms with Crippen LogP contribution in [0, 0.1) is 0 Å². The fourth-order valence-electron chi connectivity index (χ4n) is 2.62. The van der Waals surface area contributed by atoms with Crippen molar-refractivity contribution in [2.24, 2.45) is 0 Å². The molecule has 0 bridgehead atoms. The standard InChI is InChI=1S/C18H21N3O2S2/c22-16(12-25-17-2-1-11-24-17)20-14-5-3-13(4-6-14)18(23)21-15-7-9-19-10-8-15/h1-6,11,15,19H,7-10,12H2,(H,20,22)(H,21,23). The molecule has 2 heterocycles. The van der Waals surface area contributed by atoms with Gasteiger partial charge in [-0.3, -0.25) is 9.59 Å². The van der Waals surface area contributed by atoms with Crippen LogP contribution in [-0.2, 0) is 4.79 Å². The highest BCUT2D eigenvalue weighted by molar-refractivity contribution is 8.01. The molecule has 2 aromatic rings. The van der Waals surface area contributed by atoms with Crippen LogP contribution < -0.4 is 16.0 Å². The lowest BCUT2D eigenvalue weighted by Crippen LogP contribution is -2.42. The predicted molar refractivity (Wildman–Crippen MR) is 103 cm³/mol. The Labute approximate surface area is 155 Å². The van der Waals surface area contributed by atoms with Gasteiger partial charge >= 0.3 is 0 Å². The summed E-state index contributed by atoms with van der Waals surface area (Å²) in [5.74, 6) is 0.265. The van der Waals surface area contributed by atoms with Gasteiger partial charge in [0.2, 0.25) is 5.91 Å². The molecule has 3 rings (SSSR count). The maximum atomic E-state index is 12.3. The summed E-state index contributed by atoms with van der Waals surface area (Å²) in [5.41, 5.74) is 1.32. The van der Waals surface area contributed by atoms with Crippen molar-refractivity contribution in [1.82, 2.24) is 10.6 Å². The second-order valence-corrected chi connectivity index (χ2v) is 8.07. The van der Waals surface area contributed by atoms with Gasteiger partial charge in [0, 0.05) is 17.3 Å². The highest BCUT2D eigenvalue weighted by Crippen LogP contribution is 2.23. The van der Waals surface area contributed by atoms with E-state index in [1.807, 2.05) is 17.5 Å². The number of anilines is 1.